The van der Waals surface area contributed by atoms with Crippen LogP contribution in [0.5, 0.6) is 5.75 Å². The molecule has 0 radical (unpaired) electrons. The lowest BCUT2D eigenvalue weighted by atomic mass is 9.85. The van der Waals surface area contributed by atoms with Gasteiger partial charge in [-0.15, -0.1) is 0 Å². The average molecular weight is 383 g/mol. The average Bonchev–Trinajstić information content (AvgIpc) is 2.69. The first kappa shape index (κ1) is 20.4. The second kappa shape index (κ2) is 9.22. The SMILES string of the molecule is CN(C)[C@H](CCC(=O)NC1CCC(O)c2ccccc21)Cc1ccc(O)cc1. The molecule has 1 amide bonds. The summed E-state index contributed by atoms with van der Waals surface area (Å²) in [6, 6.07) is 15.3. The van der Waals surface area contributed by atoms with E-state index in [1.165, 1.54) is 0 Å². The molecule has 2 aromatic rings. The smallest absolute Gasteiger partial charge is 0.220 e. The number of hydrogen-bond donors (Lipinski definition) is 3. The summed E-state index contributed by atoms with van der Waals surface area (Å²) in [6.45, 7) is 0. The van der Waals surface area contributed by atoms with Crippen LogP contribution in [0.4, 0.5) is 0 Å². The molecule has 0 aromatic heterocycles. The summed E-state index contributed by atoms with van der Waals surface area (Å²) in [5.74, 6) is 0.316. The highest BCUT2D eigenvalue weighted by molar-refractivity contribution is 5.76. The number of aliphatic hydroxyl groups excluding tert-OH is 1. The van der Waals surface area contributed by atoms with E-state index in [1.807, 2.05) is 50.5 Å². The molecule has 3 rings (SSSR count). The molecule has 0 aliphatic heterocycles. The van der Waals surface area contributed by atoms with Gasteiger partial charge in [-0.3, -0.25) is 4.79 Å². The van der Waals surface area contributed by atoms with E-state index in [0.717, 1.165) is 36.0 Å². The van der Waals surface area contributed by atoms with Gasteiger partial charge >= 0.3 is 0 Å². The van der Waals surface area contributed by atoms with Crippen LogP contribution in [0.15, 0.2) is 48.5 Å². The summed E-state index contributed by atoms with van der Waals surface area (Å²) in [5, 5.41) is 22.8. The molecule has 2 unspecified atom stereocenters. The first-order valence-corrected chi connectivity index (χ1v) is 9.94. The minimum atomic E-state index is -0.437. The van der Waals surface area contributed by atoms with Crippen molar-refractivity contribution >= 4 is 5.91 Å². The Morgan fingerprint density at radius 3 is 2.46 bits per heavy atom. The zero-order valence-corrected chi connectivity index (χ0v) is 16.6. The predicted octanol–water partition coefficient (Wildman–Crippen LogP) is 3.33. The number of nitrogens with zero attached hydrogens (tertiary/aromatic N) is 1. The molecular formula is C23H30N2O3. The van der Waals surface area contributed by atoms with Crippen LogP contribution in [-0.2, 0) is 11.2 Å². The van der Waals surface area contributed by atoms with Crippen molar-refractivity contribution < 1.29 is 15.0 Å². The lowest BCUT2D eigenvalue weighted by Gasteiger charge is -2.30. The third kappa shape index (κ3) is 5.12. The van der Waals surface area contributed by atoms with Crippen molar-refractivity contribution in [1.29, 1.82) is 0 Å². The molecular weight excluding hydrogens is 352 g/mol. The van der Waals surface area contributed by atoms with Crippen LogP contribution in [-0.4, -0.2) is 41.2 Å². The van der Waals surface area contributed by atoms with E-state index in [-0.39, 0.29) is 23.7 Å². The summed E-state index contributed by atoms with van der Waals surface area (Å²) in [7, 11) is 4.06. The molecule has 28 heavy (non-hydrogen) atoms. The van der Waals surface area contributed by atoms with Gasteiger partial charge in [0.2, 0.25) is 5.91 Å². The number of carbonyl (C=O) groups excluding carboxylic acids is 1. The van der Waals surface area contributed by atoms with Crippen LogP contribution in [0, 0.1) is 0 Å². The Kier molecular flexibility index (Phi) is 6.70. The van der Waals surface area contributed by atoms with Crippen LogP contribution >= 0.6 is 0 Å². The first-order chi connectivity index (χ1) is 13.4. The molecule has 150 valence electrons. The number of amides is 1. The molecule has 1 aliphatic carbocycles. The van der Waals surface area contributed by atoms with Crippen molar-refractivity contribution in [2.75, 3.05) is 14.1 Å². The van der Waals surface area contributed by atoms with Crippen molar-refractivity contribution in [1.82, 2.24) is 10.2 Å². The van der Waals surface area contributed by atoms with Crippen molar-refractivity contribution in [3.05, 3.63) is 65.2 Å². The van der Waals surface area contributed by atoms with Gasteiger partial charge in [0.1, 0.15) is 5.75 Å². The lowest BCUT2D eigenvalue weighted by molar-refractivity contribution is -0.122. The summed E-state index contributed by atoms with van der Waals surface area (Å²) >= 11 is 0. The molecule has 3 atom stereocenters. The van der Waals surface area contributed by atoms with Gasteiger partial charge in [-0.1, -0.05) is 36.4 Å². The molecule has 5 nitrogen and oxygen atoms in total. The summed E-state index contributed by atoms with van der Waals surface area (Å²) in [5.41, 5.74) is 3.10. The highest BCUT2D eigenvalue weighted by atomic mass is 16.3. The molecule has 0 saturated carbocycles. The maximum atomic E-state index is 12.6. The van der Waals surface area contributed by atoms with Crippen molar-refractivity contribution in [3.8, 4) is 5.75 Å². The molecule has 0 heterocycles. The monoisotopic (exact) mass is 382 g/mol. The van der Waals surface area contributed by atoms with Crippen LogP contribution in [0.3, 0.4) is 0 Å². The molecule has 5 heteroatoms. The summed E-state index contributed by atoms with van der Waals surface area (Å²) in [4.78, 5) is 14.7. The van der Waals surface area contributed by atoms with Gasteiger partial charge in [0, 0.05) is 12.5 Å². The van der Waals surface area contributed by atoms with E-state index < -0.39 is 6.10 Å². The number of phenolic OH excluding ortho intramolecular Hbond substituents is 1. The Morgan fingerprint density at radius 1 is 1.11 bits per heavy atom. The van der Waals surface area contributed by atoms with Crippen molar-refractivity contribution in [2.45, 2.75) is 50.3 Å². The Morgan fingerprint density at radius 2 is 1.79 bits per heavy atom. The highest BCUT2D eigenvalue weighted by Crippen LogP contribution is 2.35. The Labute approximate surface area is 167 Å². The second-order valence-corrected chi connectivity index (χ2v) is 7.87. The van der Waals surface area contributed by atoms with Crippen LogP contribution in [0.2, 0.25) is 0 Å². The number of nitrogens with one attached hydrogen (secondary N) is 1. The Bertz CT molecular complexity index is 789. The quantitative estimate of drug-likeness (QED) is 0.687. The fourth-order valence-electron chi connectivity index (χ4n) is 3.93. The number of fused-ring (bicyclic) bond motifs is 1. The van der Waals surface area contributed by atoms with E-state index in [2.05, 4.69) is 10.2 Å². The van der Waals surface area contributed by atoms with Gasteiger partial charge in [-0.05, 0) is 68.6 Å². The molecule has 3 N–H and O–H groups in total. The lowest BCUT2D eigenvalue weighted by Crippen LogP contribution is -2.35. The molecule has 0 saturated heterocycles. The van der Waals surface area contributed by atoms with Crippen LogP contribution in [0.1, 0.15) is 54.5 Å². The van der Waals surface area contributed by atoms with Gasteiger partial charge < -0.3 is 20.4 Å². The second-order valence-electron chi connectivity index (χ2n) is 7.87. The number of carbonyl (C=O) groups is 1. The first-order valence-electron chi connectivity index (χ1n) is 9.94. The zero-order chi connectivity index (χ0) is 20.1. The van der Waals surface area contributed by atoms with E-state index in [9.17, 15) is 15.0 Å². The Hall–Kier alpha value is -2.37. The van der Waals surface area contributed by atoms with Gasteiger partial charge in [0.05, 0.1) is 12.1 Å². The zero-order valence-electron chi connectivity index (χ0n) is 16.6. The van der Waals surface area contributed by atoms with Gasteiger partial charge in [-0.25, -0.2) is 0 Å². The van der Waals surface area contributed by atoms with Crippen molar-refractivity contribution in [3.63, 3.8) is 0 Å². The largest absolute Gasteiger partial charge is 0.508 e. The topological polar surface area (TPSA) is 72.8 Å². The van der Waals surface area contributed by atoms with Gasteiger partial charge in [0.25, 0.3) is 0 Å². The third-order valence-electron chi connectivity index (χ3n) is 5.64. The van der Waals surface area contributed by atoms with E-state index >= 15 is 0 Å². The minimum absolute atomic E-state index is 0.0259. The van der Waals surface area contributed by atoms with E-state index in [1.54, 1.807) is 12.1 Å². The maximum Gasteiger partial charge on any atom is 0.220 e. The number of rotatable bonds is 7. The third-order valence-corrected chi connectivity index (χ3v) is 5.64. The van der Waals surface area contributed by atoms with Crippen molar-refractivity contribution in [2.24, 2.45) is 0 Å². The van der Waals surface area contributed by atoms with Gasteiger partial charge in [0.15, 0.2) is 0 Å². The molecule has 0 bridgehead atoms. The predicted molar refractivity (Wildman–Crippen MR) is 110 cm³/mol. The molecule has 1 aliphatic rings. The fraction of sp³-hybridized carbons (Fsp3) is 0.435. The standard InChI is InChI=1S/C23H30N2O3/c1-25(2)17(15-16-7-10-18(26)11-8-16)9-14-23(28)24-21-12-13-22(27)20-6-4-3-5-19(20)21/h3-8,10-11,17,21-22,26-27H,9,12-15H2,1-2H3,(H,24,28)/t17-,21?,22?/m1/s1. The number of benzene rings is 2. The minimum Gasteiger partial charge on any atom is -0.508 e. The number of likely N-dealkylation sites (N-methyl/N-ethyl adjacent to an activating group) is 1. The number of phenols is 1. The summed E-state index contributed by atoms with van der Waals surface area (Å²) < 4.78 is 0. The summed E-state index contributed by atoms with van der Waals surface area (Å²) in [6.07, 6.45) is 3.04. The number of aliphatic hydroxyl groups is 1. The van der Waals surface area contributed by atoms with Crippen LogP contribution < -0.4 is 5.32 Å². The number of hydrogen-bond acceptors (Lipinski definition) is 4. The Balaban J connectivity index is 1.56. The maximum absolute atomic E-state index is 12.6. The van der Waals surface area contributed by atoms with E-state index in [4.69, 9.17) is 0 Å². The fourth-order valence-corrected chi connectivity index (χ4v) is 3.93. The van der Waals surface area contributed by atoms with E-state index in [0.29, 0.717) is 12.8 Å². The highest BCUT2D eigenvalue weighted by Gasteiger charge is 2.26. The molecule has 0 spiro atoms. The van der Waals surface area contributed by atoms with Gasteiger partial charge in [-0.2, -0.15) is 0 Å². The molecule has 2 aromatic carbocycles. The number of aromatic hydroxyl groups is 1. The normalized spacial score (nSPS) is 19.9. The molecule has 0 fully saturated rings. The van der Waals surface area contributed by atoms with Crippen LogP contribution in [0.25, 0.3) is 0 Å².